The molecule has 1 aliphatic carbocycles. The normalized spacial score (nSPS) is 18.6. The Morgan fingerprint density at radius 2 is 1.17 bits per heavy atom. The van der Waals surface area contributed by atoms with Crippen molar-refractivity contribution < 1.29 is 4.79 Å². The Labute approximate surface area is 138 Å². The van der Waals surface area contributed by atoms with Gasteiger partial charge in [-0.05, 0) is 67.5 Å². The smallest absolute Gasteiger partial charge is 0.185 e. The van der Waals surface area contributed by atoms with Crippen LogP contribution in [-0.2, 0) is 4.79 Å². The van der Waals surface area contributed by atoms with E-state index in [9.17, 15) is 4.79 Å². The minimum Gasteiger partial charge on any atom is -0.289 e. The minimum atomic E-state index is 0.211. The van der Waals surface area contributed by atoms with Crippen LogP contribution in [0.3, 0.4) is 0 Å². The molecule has 0 spiro atoms. The first kappa shape index (κ1) is 15.5. The lowest BCUT2D eigenvalue weighted by Gasteiger charge is -2.17. The van der Waals surface area contributed by atoms with Crippen LogP contribution < -0.4 is 0 Å². The van der Waals surface area contributed by atoms with Gasteiger partial charge in [0.15, 0.2) is 5.78 Å². The van der Waals surface area contributed by atoms with E-state index in [1.165, 1.54) is 11.1 Å². The van der Waals surface area contributed by atoms with Crippen molar-refractivity contribution >= 4 is 17.9 Å². The van der Waals surface area contributed by atoms with Crippen molar-refractivity contribution in [3.8, 4) is 0 Å². The molecule has 2 aromatic carbocycles. The molecule has 1 aliphatic rings. The van der Waals surface area contributed by atoms with Gasteiger partial charge in [0.1, 0.15) is 0 Å². The Kier molecular flexibility index (Phi) is 4.57. The number of carbonyl (C=O) groups is 1. The summed E-state index contributed by atoms with van der Waals surface area (Å²) in [5, 5.41) is 0. The average molecular weight is 302 g/mol. The van der Waals surface area contributed by atoms with Crippen LogP contribution in [0.2, 0.25) is 0 Å². The lowest BCUT2D eigenvalue weighted by Crippen LogP contribution is -2.12. The van der Waals surface area contributed by atoms with Gasteiger partial charge < -0.3 is 0 Å². The third-order valence-corrected chi connectivity index (χ3v) is 4.51. The standard InChI is InChI=1S/C22H22O/c1-16-8-3-5-10-18(16)14-20-12-7-13-21(22(20)23)15-19-11-6-4-9-17(19)2/h3-6,8-11,14-15H,7,12-13H2,1-2H3. The highest BCUT2D eigenvalue weighted by molar-refractivity contribution is 6.14. The van der Waals surface area contributed by atoms with E-state index in [0.717, 1.165) is 41.5 Å². The molecule has 3 rings (SSSR count). The van der Waals surface area contributed by atoms with Gasteiger partial charge in [-0.3, -0.25) is 4.79 Å². The Morgan fingerprint density at radius 1 is 0.739 bits per heavy atom. The molecular formula is C22H22O. The summed E-state index contributed by atoms with van der Waals surface area (Å²) in [4.78, 5) is 12.8. The largest absolute Gasteiger partial charge is 0.289 e. The van der Waals surface area contributed by atoms with Crippen LogP contribution in [0.15, 0.2) is 59.7 Å². The van der Waals surface area contributed by atoms with Crippen LogP contribution >= 0.6 is 0 Å². The van der Waals surface area contributed by atoms with Crippen molar-refractivity contribution in [1.29, 1.82) is 0 Å². The highest BCUT2D eigenvalue weighted by atomic mass is 16.1. The summed E-state index contributed by atoms with van der Waals surface area (Å²) < 4.78 is 0. The van der Waals surface area contributed by atoms with Gasteiger partial charge in [0.05, 0.1) is 0 Å². The summed E-state index contributed by atoms with van der Waals surface area (Å²) in [5.41, 5.74) is 6.59. The third kappa shape index (κ3) is 3.50. The summed E-state index contributed by atoms with van der Waals surface area (Å²) in [6.45, 7) is 4.17. The SMILES string of the molecule is Cc1ccccc1C=C1CCCC(=Cc2ccccc2C)C1=O. The van der Waals surface area contributed by atoms with Crippen LogP contribution in [-0.4, -0.2) is 5.78 Å². The number of Topliss-reactive ketones (excluding diaryl/α,β-unsaturated/α-hetero) is 1. The Bertz CT molecular complexity index is 728. The van der Waals surface area contributed by atoms with E-state index in [4.69, 9.17) is 0 Å². The Hall–Kier alpha value is -2.41. The molecule has 0 bridgehead atoms. The van der Waals surface area contributed by atoms with Crippen molar-refractivity contribution in [2.75, 3.05) is 0 Å². The third-order valence-electron chi connectivity index (χ3n) is 4.51. The molecule has 116 valence electrons. The maximum atomic E-state index is 12.8. The number of rotatable bonds is 2. The average Bonchev–Trinajstić information content (AvgIpc) is 2.55. The molecule has 1 heteroatoms. The molecule has 0 amide bonds. The van der Waals surface area contributed by atoms with Crippen molar-refractivity contribution in [2.45, 2.75) is 33.1 Å². The lowest BCUT2D eigenvalue weighted by molar-refractivity contribution is -0.112. The quantitative estimate of drug-likeness (QED) is 0.667. The number of ketones is 1. The van der Waals surface area contributed by atoms with Crippen molar-refractivity contribution in [2.24, 2.45) is 0 Å². The lowest BCUT2D eigenvalue weighted by atomic mass is 9.86. The molecule has 2 aromatic rings. The van der Waals surface area contributed by atoms with Gasteiger partial charge in [0.25, 0.3) is 0 Å². The number of benzene rings is 2. The summed E-state index contributed by atoms with van der Waals surface area (Å²) in [6.07, 6.45) is 6.93. The molecule has 0 atom stereocenters. The molecule has 0 heterocycles. The van der Waals surface area contributed by atoms with E-state index in [2.05, 4.69) is 50.3 Å². The molecule has 23 heavy (non-hydrogen) atoms. The molecule has 0 saturated heterocycles. The fourth-order valence-corrected chi connectivity index (χ4v) is 3.05. The summed E-state index contributed by atoms with van der Waals surface area (Å²) >= 11 is 0. The molecular weight excluding hydrogens is 280 g/mol. The second-order valence-corrected chi connectivity index (χ2v) is 6.24. The molecule has 0 aliphatic heterocycles. The van der Waals surface area contributed by atoms with E-state index in [1.54, 1.807) is 0 Å². The first-order chi connectivity index (χ1) is 11.1. The minimum absolute atomic E-state index is 0.211. The summed E-state index contributed by atoms with van der Waals surface area (Å²) in [5.74, 6) is 0.211. The van der Waals surface area contributed by atoms with Crippen LogP contribution in [0.25, 0.3) is 12.2 Å². The second kappa shape index (κ2) is 6.78. The predicted molar refractivity (Wildman–Crippen MR) is 97.2 cm³/mol. The zero-order chi connectivity index (χ0) is 16.2. The topological polar surface area (TPSA) is 17.1 Å². The Morgan fingerprint density at radius 3 is 1.61 bits per heavy atom. The maximum absolute atomic E-state index is 12.8. The summed E-state index contributed by atoms with van der Waals surface area (Å²) in [6, 6.07) is 16.4. The predicted octanol–water partition coefficient (Wildman–Crippen LogP) is 5.52. The highest BCUT2D eigenvalue weighted by Crippen LogP contribution is 2.29. The van der Waals surface area contributed by atoms with Crippen molar-refractivity contribution in [1.82, 2.24) is 0 Å². The second-order valence-electron chi connectivity index (χ2n) is 6.24. The van der Waals surface area contributed by atoms with Gasteiger partial charge in [0, 0.05) is 11.1 Å². The van der Waals surface area contributed by atoms with Crippen molar-refractivity contribution in [3.05, 3.63) is 81.9 Å². The monoisotopic (exact) mass is 302 g/mol. The van der Waals surface area contributed by atoms with Gasteiger partial charge >= 0.3 is 0 Å². The van der Waals surface area contributed by atoms with Gasteiger partial charge in [0.2, 0.25) is 0 Å². The summed E-state index contributed by atoms with van der Waals surface area (Å²) in [7, 11) is 0. The Balaban J connectivity index is 1.93. The fraction of sp³-hybridized carbons (Fsp3) is 0.227. The molecule has 1 fully saturated rings. The van der Waals surface area contributed by atoms with Gasteiger partial charge in [-0.25, -0.2) is 0 Å². The molecule has 1 saturated carbocycles. The van der Waals surface area contributed by atoms with E-state index in [-0.39, 0.29) is 5.78 Å². The molecule has 0 N–H and O–H groups in total. The maximum Gasteiger partial charge on any atom is 0.185 e. The zero-order valence-corrected chi connectivity index (χ0v) is 13.8. The van der Waals surface area contributed by atoms with Crippen LogP contribution in [0.4, 0.5) is 0 Å². The van der Waals surface area contributed by atoms with Crippen LogP contribution in [0, 0.1) is 13.8 Å². The van der Waals surface area contributed by atoms with Gasteiger partial charge in [-0.1, -0.05) is 48.5 Å². The van der Waals surface area contributed by atoms with E-state index < -0.39 is 0 Å². The zero-order valence-electron chi connectivity index (χ0n) is 13.8. The van der Waals surface area contributed by atoms with Crippen LogP contribution in [0.1, 0.15) is 41.5 Å². The number of hydrogen-bond donors (Lipinski definition) is 0. The molecule has 0 unspecified atom stereocenters. The van der Waals surface area contributed by atoms with E-state index >= 15 is 0 Å². The highest BCUT2D eigenvalue weighted by Gasteiger charge is 2.20. The number of hydrogen-bond acceptors (Lipinski definition) is 1. The number of carbonyl (C=O) groups excluding carboxylic acids is 1. The first-order valence-corrected chi connectivity index (χ1v) is 8.22. The van der Waals surface area contributed by atoms with Gasteiger partial charge in [-0.2, -0.15) is 0 Å². The fourth-order valence-electron chi connectivity index (χ4n) is 3.05. The van der Waals surface area contributed by atoms with Crippen LogP contribution in [0.5, 0.6) is 0 Å². The van der Waals surface area contributed by atoms with Gasteiger partial charge in [-0.15, -0.1) is 0 Å². The number of aryl methyl sites for hydroxylation is 2. The first-order valence-electron chi connectivity index (χ1n) is 8.22. The molecule has 0 aromatic heterocycles. The molecule has 0 radical (unpaired) electrons. The molecule has 1 nitrogen and oxygen atoms in total. The number of allylic oxidation sites excluding steroid dienone is 2. The van der Waals surface area contributed by atoms with E-state index in [0.29, 0.717) is 0 Å². The van der Waals surface area contributed by atoms with E-state index in [1.807, 2.05) is 24.3 Å². The van der Waals surface area contributed by atoms with Crippen molar-refractivity contribution in [3.63, 3.8) is 0 Å².